The number of rotatable bonds is 8. The minimum Gasteiger partial charge on any atom is -0.664 e. The van der Waals surface area contributed by atoms with Crippen LogP contribution in [0.2, 0.25) is 0 Å². The third-order valence-electron chi connectivity index (χ3n) is 11.4. The maximum atomic E-state index is 4.42. The van der Waals surface area contributed by atoms with Gasteiger partial charge in [0.25, 0.3) is 0 Å². The second-order valence-electron chi connectivity index (χ2n) is 15.8. The summed E-state index contributed by atoms with van der Waals surface area (Å²) in [6.07, 6.45) is 7.37. The van der Waals surface area contributed by atoms with E-state index in [1.807, 2.05) is 55.0 Å². The molecule has 0 saturated heterocycles. The molecule has 1 N–H and O–H groups in total. The molecule has 0 unspecified atom stereocenters. The fourth-order valence-electron chi connectivity index (χ4n) is 8.22. The summed E-state index contributed by atoms with van der Waals surface area (Å²) in [6, 6.07) is 93.4. The first-order valence-electron chi connectivity index (χ1n) is 22.8. The van der Waals surface area contributed by atoms with Gasteiger partial charge in [0, 0.05) is 40.6 Å². The van der Waals surface area contributed by atoms with Gasteiger partial charge in [-0.2, -0.15) is 6.20 Å². The summed E-state index contributed by atoms with van der Waals surface area (Å²) in [6.45, 7) is 0. The second kappa shape index (κ2) is 25.0. The van der Waals surface area contributed by atoms with Crippen molar-refractivity contribution < 1.29 is 17.1 Å². The van der Waals surface area contributed by atoms with E-state index in [-0.39, 0.29) is 17.1 Å². The largest absolute Gasteiger partial charge is 1.00 e. The van der Waals surface area contributed by atoms with Crippen LogP contribution in [-0.2, 0) is 17.1 Å². The smallest absolute Gasteiger partial charge is 0.664 e. The van der Waals surface area contributed by atoms with E-state index < -0.39 is 15.8 Å². The van der Waals surface area contributed by atoms with E-state index >= 15 is 0 Å². The van der Waals surface area contributed by atoms with E-state index in [0.717, 1.165) is 38.9 Å². The zero-order chi connectivity index (χ0) is 46.0. The second-order valence-corrected chi connectivity index (χ2v) is 20.8. The maximum Gasteiger partial charge on any atom is 1.00 e. The number of benzene rings is 8. The number of para-hydroxylation sites is 2. The van der Waals surface area contributed by atoms with Gasteiger partial charge < -0.3 is 9.97 Å². The Bertz CT molecular complexity index is 2900. The number of H-pyrrole nitrogens is 1. The molecule has 12 aromatic rings. The molecule has 4 heterocycles. The number of aromatic nitrogens is 4. The van der Waals surface area contributed by atoms with Crippen LogP contribution >= 0.6 is 15.8 Å². The normalized spacial score (nSPS) is 10.5. The molecule has 0 bridgehead atoms. The van der Waals surface area contributed by atoms with Gasteiger partial charge in [0.05, 0.1) is 26.9 Å². The number of pyridine rings is 2. The van der Waals surface area contributed by atoms with Crippen molar-refractivity contribution in [1.29, 1.82) is 0 Å². The first-order chi connectivity index (χ1) is 33.8. The van der Waals surface area contributed by atoms with E-state index in [1.165, 1.54) is 37.2 Å². The van der Waals surface area contributed by atoms with Crippen LogP contribution in [-0.4, -0.2) is 15.0 Å². The van der Waals surface area contributed by atoms with E-state index in [4.69, 9.17) is 0 Å². The maximum absolute atomic E-state index is 4.42. The van der Waals surface area contributed by atoms with E-state index in [2.05, 4.69) is 250 Å². The van der Waals surface area contributed by atoms with E-state index in [1.54, 1.807) is 6.20 Å². The Morgan fingerprint density at radius 3 is 1.03 bits per heavy atom. The van der Waals surface area contributed by atoms with Crippen molar-refractivity contribution in [2.24, 2.45) is 0 Å². The number of nitrogens with one attached hydrogen (secondary N) is 1. The van der Waals surface area contributed by atoms with Gasteiger partial charge in [0.2, 0.25) is 0 Å². The number of aromatic amines is 1. The van der Waals surface area contributed by atoms with Crippen molar-refractivity contribution in [3.63, 3.8) is 0 Å². The molecular formula is C62H51CuN4P2+2. The van der Waals surface area contributed by atoms with Gasteiger partial charge in [-0.3, -0.25) is 9.97 Å². The van der Waals surface area contributed by atoms with Crippen LogP contribution in [0.25, 0.3) is 44.3 Å². The Balaban J connectivity index is 0.000000124. The Labute approximate surface area is 418 Å². The number of hydrogen-bond acceptors (Lipinski definition) is 2. The Kier molecular flexibility index (Phi) is 17.4. The van der Waals surface area contributed by atoms with Gasteiger partial charge in [-0.05, 0) is 103 Å². The van der Waals surface area contributed by atoms with Crippen LogP contribution in [0.5, 0.6) is 0 Å². The number of hydrogen-bond donors (Lipinski definition) is 1. The Morgan fingerprint density at radius 2 is 0.681 bits per heavy atom. The zero-order valence-electron chi connectivity index (χ0n) is 37.9. The summed E-state index contributed by atoms with van der Waals surface area (Å²) in [4.78, 5) is 16.3. The topological polar surface area (TPSA) is 55.7 Å². The molecule has 0 atom stereocenters. The van der Waals surface area contributed by atoms with Crippen molar-refractivity contribution in [2.75, 3.05) is 0 Å². The summed E-state index contributed by atoms with van der Waals surface area (Å²) >= 11 is 0. The van der Waals surface area contributed by atoms with E-state index in [9.17, 15) is 0 Å². The van der Waals surface area contributed by atoms with Gasteiger partial charge in [-0.15, -0.1) is 5.69 Å². The quantitative estimate of drug-likeness (QED) is 0.122. The predicted molar refractivity (Wildman–Crippen MR) is 295 cm³/mol. The van der Waals surface area contributed by atoms with Gasteiger partial charge >= 0.3 is 17.1 Å². The summed E-state index contributed by atoms with van der Waals surface area (Å²) in [5.74, 6) is 0. The fraction of sp³-hybridized carbons (Fsp3) is 0. The average molecular weight is 978 g/mol. The molecule has 0 aliphatic carbocycles. The van der Waals surface area contributed by atoms with Crippen molar-refractivity contribution in [2.45, 2.75) is 0 Å². The molecule has 4 aromatic heterocycles. The number of fused-ring (bicyclic) bond motifs is 2. The van der Waals surface area contributed by atoms with Crippen LogP contribution in [0.3, 0.4) is 0 Å². The molecule has 12 rings (SSSR count). The summed E-state index contributed by atoms with van der Waals surface area (Å²) in [5, 5.41) is 10.9. The molecule has 7 heteroatoms. The molecule has 0 fully saturated rings. The van der Waals surface area contributed by atoms with Crippen LogP contribution in [0.1, 0.15) is 0 Å². The Morgan fingerprint density at radius 1 is 0.319 bits per heavy atom. The fourth-order valence-corrected chi connectivity index (χ4v) is 13.4. The van der Waals surface area contributed by atoms with Crippen molar-refractivity contribution >= 4 is 69.5 Å². The summed E-state index contributed by atoms with van der Waals surface area (Å²) < 4.78 is 0. The van der Waals surface area contributed by atoms with Crippen LogP contribution < -0.4 is 36.8 Å². The molecule has 0 radical (unpaired) electrons. The minimum absolute atomic E-state index is 0. The van der Waals surface area contributed by atoms with Crippen molar-refractivity contribution in [3.05, 3.63) is 292 Å². The standard InChI is InChI=1S/2C18H15P.C13H10N2.C13H9N2.Cu/c2*1-4-10-16(11-5-1)19(17-12-6-2-7-13-17)18-14-8-3-9-15-18;2*1-4-10-5-2-9-15-13(10)11(6-1)12-7-3-8-14-12;/h2*1-15H;1-9,14H;1-9H;/q;;;-1;+1/p+2. The SMILES string of the molecule is [Cu+].c1c[n-]c(-c2cccc3cccnc23)c1.c1c[nH]c(-c2cccc3cccnc23)c1.c1ccc([PH+](c2ccccc2)c2ccccc2)cc1.c1ccc([PH+](c2ccccc2)c2ccccc2)cc1. The zero-order valence-corrected chi connectivity index (χ0v) is 40.8. The van der Waals surface area contributed by atoms with Gasteiger partial charge in [-0.25, -0.2) is 0 Å². The molecule has 0 saturated carbocycles. The molecular weight excluding hydrogens is 926 g/mol. The molecule has 0 aliphatic rings. The summed E-state index contributed by atoms with van der Waals surface area (Å²) in [5.41, 5.74) is 6.40. The summed E-state index contributed by atoms with van der Waals surface area (Å²) in [7, 11) is -1.75. The molecule has 0 amide bonds. The molecule has 69 heavy (non-hydrogen) atoms. The Hall–Kier alpha value is -7.48. The predicted octanol–water partition coefficient (Wildman–Crippen LogP) is 12.4. The van der Waals surface area contributed by atoms with Gasteiger partial charge in [-0.1, -0.05) is 170 Å². The molecule has 0 spiro atoms. The van der Waals surface area contributed by atoms with Gasteiger partial charge in [0.15, 0.2) is 0 Å². The van der Waals surface area contributed by atoms with Crippen molar-refractivity contribution in [1.82, 2.24) is 19.9 Å². The minimum atomic E-state index is -0.877. The van der Waals surface area contributed by atoms with E-state index in [0.29, 0.717) is 0 Å². The van der Waals surface area contributed by atoms with Gasteiger partial charge in [0.1, 0.15) is 31.8 Å². The molecule has 338 valence electrons. The molecule has 8 aromatic carbocycles. The van der Waals surface area contributed by atoms with Crippen LogP contribution in [0, 0.1) is 0 Å². The number of nitrogens with zero attached hydrogens (tertiary/aromatic N) is 3. The molecule has 0 aliphatic heterocycles. The van der Waals surface area contributed by atoms with Crippen LogP contribution in [0.4, 0.5) is 0 Å². The van der Waals surface area contributed by atoms with Crippen molar-refractivity contribution in [3.8, 4) is 22.5 Å². The first kappa shape index (κ1) is 48.0. The van der Waals surface area contributed by atoms with Crippen LogP contribution in [0.15, 0.2) is 292 Å². The average Bonchev–Trinajstić information content (AvgIpc) is 4.18. The monoisotopic (exact) mass is 976 g/mol. The third-order valence-corrected chi connectivity index (χ3v) is 16.8. The third kappa shape index (κ3) is 12.5. The first-order valence-corrected chi connectivity index (χ1v) is 25.8. The molecule has 4 nitrogen and oxygen atoms in total.